The van der Waals surface area contributed by atoms with Gasteiger partial charge in [-0.15, -0.1) is 0 Å². The standard InChI is InChI=1S/C13H14Cl2O3/c1-2-7-18-13(17)6-5-12(16)10-8-9(14)3-4-11(10)15/h3-4,8H,2,5-7H2,1H3. The third-order valence-electron chi connectivity index (χ3n) is 2.25. The lowest BCUT2D eigenvalue weighted by Gasteiger charge is -2.05. The first kappa shape index (κ1) is 15.0. The maximum Gasteiger partial charge on any atom is 0.306 e. The Morgan fingerprint density at radius 1 is 1.22 bits per heavy atom. The summed E-state index contributed by atoms with van der Waals surface area (Å²) in [6.07, 6.45) is 0.893. The summed E-state index contributed by atoms with van der Waals surface area (Å²) in [6.45, 7) is 2.29. The number of carbonyl (C=O) groups is 2. The first-order valence-corrected chi connectivity index (χ1v) is 6.44. The van der Waals surface area contributed by atoms with Crippen LogP contribution in [0.4, 0.5) is 0 Å². The zero-order valence-corrected chi connectivity index (χ0v) is 11.6. The fraction of sp³-hybridized carbons (Fsp3) is 0.385. The molecule has 3 nitrogen and oxygen atoms in total. The number of hydrogen-bond acceptors (Lipinski definition) is 3. The van der Waals surface area contributed by atoms with E-state index in [9.17, 15) is 9.59 Å². The number of esters is 1. The van der Waals surface area contributed by atoms with Crippen LogP contribution in [0.15, 0.2) is 18.2 Å². The first-order chi connectivity index (χ1) is 8.54. The molecular formula is C13H14Cl2O3. The molecule has 1 aromatic carbocycles. The van der Waals surface area contributed by atoms with E-state index in [1.165, 1.54) is 6.07 Å². The molecule has 0 aromatic heterocycles. The molecule has 0 heterocycles. The molecule has 0 aliphatic heterocycles. The predicted octanol–water partition coefficient (Wildman–Crippen LogP) is 3.91. The zero-order valence-electron chi connectivity index (χ0n) is 10.0. The summed E-state index contributed by atoms with van der Waals surface area (Å²) in [5.41, 5.74) is 0.340. The minimum atomic E-state index is -0.372. The Balaban J connectivity index is 2.55. The Morgan fingerprint density at radius 2 is 1.94 bits per heavy atom. The number of hydrogen-bond donors (Lipinski definition) is 0. The fourth-order valence-corrected chi connectivity index (χ4v) is 1.74. The third kappa shape index (κ3) is 4.67. The van der Waals surface area contributed by atoms with Gasteiger partial charge in [0.15, 0.2) is 5.78 Å². The Morgan fingerprint density at radius 3 is 2.61 bits per heavy atom. The van der Waals surface area contributed by atoms with Crippen LogP contribution in [0.25, 0.3) is 0 Å². The third-order valence-corrected chi connectivity index (χ3v) is 2.82. The lowest BCUT2D eigenvalue weighted by atomic mass is 10.1. The van der Waals surface area contributed by atoms with Crippen LogP contribution in [0.3, 0.4) is 0 Å². The van der Waals surface area contributed by atoms with E-state index in [-0.39, 0.29) is 24.6 Å². The van der Waals surface area contributed by atoms with Gasteiger partial charge in [0.25, 0.3) is 0 Å². The molecule has 0 saturated carbocycles. The Bertz CT molecular complexity index is 444. The van der Waals surface area contributed by atoms with E-state index in [1.54, 1.807) is 12.1 Å². The highest BCUT2D eigenvalue weighted by Crippen LogP contribution is 2.22. The summed E-state index contributed by atoms with van der Waals surface area (Å²) in [7, 11) is 0. The number of Topliss-reactive ketones (excluding diaryl/α,β-unsaturated/α-hetero) is 1. The molecule has 1 rings (SSSR count). The summed E-state index contributed by atoms with van der Waals surface area (Å²) >= 11 is 11.7. The summed E-state index contributed by atoms with van der Waals surface area (Å²) in [5.74, 6) is -0.584. The van der Waals surface area contributed by atoms with Gasteiger partial charge >= 0.3 is 5.97 Å². The van der Waals surface area contributed by atoms with E-state index in [1.807, 2.05) is 6.92 Å². The van der Waals surface area contributed by atoms with E-state index in [0.717, 1.165) is 6.42 Å². The van der Waals surface area contributed by atoms with Gasteiger partial charge in [0.2, 0.25) is 0 Å². The van der Waals surface area contributed by atoms with E-state index in [4.69, 9.17) is 27.9 Å². The van der Waals surface area contributed by atoms with Crippen molar-refractivity contribution >= 4 is 35.0 Å². The molecule has 0 bridgehead atoms. The average Bonchev–Trinajstić information content (AvgIpc) is 2.36. The molecule has 5 heteroatoms. The zero-order chi connectivity index (χ0) is 13.5. The number of benzene rings is 1. The SMILES string of the molecule is CCCOC(=O)CCC(=O)c1cc(Cl)ccc1Cl. The molecule has 0 fully saturated rings. The van der Waals surface area contributed by atoms with E-state index in [2.05, 4.69) is 0 Å². The monoisotopic (exact) mass is 288 g/mol. The van der Waals surface area contributed by atoms with E-state index >= 15 is 0 Å². The van der Waals surface area contributed by atoms with Crippen LogP contribution in [0.2, 0.25) is 10.0 Å². The molecular weight excluding hydrogens is 275 g/mol. The van der Waals surface area contributed by atoms with Crippen molar-refractivity contribution in [1.29, 1.82) is 0 Å². The van der Waals surface area contributed by atoms with Crippen LogP contribution in [0, 0.1) is 0 Å². The Kier molecular flexibility index (Phi) is 6.16. The van der Waals surface area contributed by atoms with Gasteiger partial charge in [-0.05, 0) is 24.6 Å². The maximum absolute atomic E-state index is 11.8. The number of carbonyl (C=O) groups excluding carboxylic acids is 2. The molecule has 0 saturated heterocycles. The van der Waals surface area contributed by atoms with Crippen molar-refractivity contribution in [3.05, 3.63) is 33.8 Å². The van der Waals surface area contributed by atoms with Crippen molar-refractivity contribution in [3.8, 4) is 0 Å². The molecule has 0 aliphatic rings. The molecule has 1 aromatic rings. The predicted molar refractivity (Wildman–Crippen MR) is 71.3 cm³/mol. The second kappa shape index (κ2) is 7.39. The van der Waals surface area contributed by atoms with Crippen LogP contribution < -0.4 is 0 Å². The highest BCUT2D eigenvalue weighted by Gasteiger charge is 2.13. The Hall–Kier alpha value is -1.06. The minimum Gasteiger partial charge on any atom is -0.466 e. The van der Waals surface area contributed by atoms with Crippen molar-refractivity contribution in [2.24, 2.45) is 0 Å². The lowest BCUT2D eigenvalue weighted by Crippen LogP contribution is -2.09. The topological polar surface area (TPSA) is 43.4 Å². The first-order valence-electron chi connectivity index (χ1n) is 5.68. The van der Waals surface area contributed by atoms with Crippen LogP contribution >= 0.6 is 23.2 Å². The van der Waals surface area contributed by atoms with Crippen molar-refractivity contribution < 1.29 is 14.3 Å². The largest absolute Gasteiger partial charge is 0.466 e. The van der Waals surface area contributed by atoms with E-state index < -0.39 is 0 Å². The minimum absolute atomic E-state index is 0.0572. The van der Waals surface area contributed by atoms with Gasteiger partial charge in [-0.25, -0.2) is 0 Å². The summed E-state index contributed by atoms with van der Waals surface area (Å²) in [4.78, 5) is 23.1. The van der Waals surface area contributed by atoms with Crippen LogP contribution in [0.5, 0.6) is 0 Å². The number of halogens is 2. The van der Waals surface area contributed by atoms with Crippen LogP contribution in [-0.4, -0.2) is 18.4 Å². The van der Waals surface area contributed by atoms with Crippen molar-refractivity contribution in [2.75, 3.05) is 6.61 Å². The van der Waals surface area contributed by atoms with Gasteiger partial charge in [-0.3, -0.25) is 9.59 Å². The molecule has 0 N–H and O–H groups in total. The summed E-state index contributed by atoms with van der Waals surface area (Å²) in [6, 6.07) is 4.67. The second-order valence-corrected chi connectivity index (χ2v) is 4.61. The average molecular weight is 289 g/mol. The van der Waals surface area contributed by atoms with E-state index in [0.29, 0.717) is 22.2 Å². The molecule has 0 aliphatic carbocycles. The van der Waals surface area contributed by atoms with Gasteiger partial charge in [-0.2, -0.15) is 0 Å². The van der Waals surface area contributed by atoms with Crippen LogP contribution in [-0.2, 0) is 9.53 Å². The smallest absolute Gasteiger partial charge is 0.306 e. The molecule has 0 spiro atoms. The maximum atomic E-state index is 11.8. The molecule has 0 unspecified atom stereocenters. The molecule has 0 atom stereocenters. The fourth-order valence-electron chi connectivity index (χ4n) is 1.35. The number of ketones is 1. The van der Waals surface area contributed by atoms with Gasteiger partial charge in [-0.1, -0.05) is 30.1 Å². The van der Waals surface area contributed by atoms with Crippen molar-refractivity contribution in [2.45, 2.75) is 26.2 Å². The van der Waals surface area contributed by atoms with Crippen molar-refractivity contribution in [3.63, 3.8) is 0 Å². The highest BCUT2D eigenvalue weighted by atomic mass is 35.5. The number of rotatable bonds is 6. The van der Waals surface area contributed by atoms with Crippen molar-refractivity contribution in [1.82, 2.24) is 0 Å². The highest BCUT2D eigenvalue weighted by molar-refractivity contribution is 6.35. The normalized spacial score (nSPS) is 10.2. The number of ether oxygens (including phenoxy) is 1. The second-order valence-electron chi connectivity index (χ2n) is 3.77. The van der Waals surface area contributed by atoms with Gasteiger partial charge in [0.05, 0.1) is 18.1 Å². The molecule has 0 radical (unpaired) electrons. The summed E-state index contributed by atoms with van der Waals surface area (Å²) in [5, 5.41) is 0.780. The van der Waals surface area contributed by atoms with Crippen LogP contribution in [0.1, 0.15) is 36.5 Å². The van der Waals surface area contributed by atoms with Gasteiger partial charge in [0, 0.05) is 17.0 Å². The molecule has 98 valence electrons. The van der Waals surface area contributed by atoms with Gasteiger partial charge < -0.3 is 4.74 Å². The summed E-state index contributed by atoms with van der Waals surface area (Å²) < 4.78 is 4.88. The quantitative estimate of drug-likeness (QED) is 0.589. The molecule has 0 amide bonds. The van der Waals surface area contributed by atoms with Gasteiger partial charge in [0.1, 0.15) is 0 Å². The molecule has 18 heavy (non-hydrogen) atoms. The lowest BCUT2D eigenvalue weighted by molar-refractivity contribution is -0.143. The Labute approximate surface area is 116 Å².